The Morgan fingerprint density at radius 1 is 1.62 bits per heavy atom. The van der Waals surface area contributed by atoms with Crippen LogP contribution in [0.25, 0.3) is 0 Å². The maximum atomic E-state index is 12.2. The number of carbonyl (C=O) groups is 1. The number of β-amino-alcohol motifs (C(OH)–C–C–N with tert-alkyl or cyclic N) is 1. The Kier molecular flexibility index (Phi) is 3.62. The number of aliphatic hydroxyl groups is 2. The van der Waals surface area contributed by atoms with Crippen molar-refractivity contribution >= 4 is 6.03 Å². The van der Waals surface area contributed by atoms with Crippen molar-refractivity contribution in [2.24, 2.45) is 0 Å². The van der Waals surface area contributed by atoms with Gasteiger partial charge < -0.3 is 20.4 Å². The van der Waals surface area contributed by atoms with Gasteiger partial charge in [-0.25, -0.2) is 4.79 Å². The lowest BCUT2D eigenvalue weighted by Gasteiger charge is -2.22. The molecule has 0 bridgehead atoms. The standard InChI is InChI=1S/C14H22N4O3/c1-10(11-6-15-18(7-11)12-2-3-12)16-13(20)17-5-4-14(21,8-17)9-19/h6-7,10,12,19,21H,2-5,8-9H2,1H3,(H,16,20). The highest BCUT2D eigenvalue weighted by molar-refractivity contribution is 5.75. The van der Waals surface area contributed by atoms with Gasteiger partial charge in [-0.1, -0.05) is 0 Å². The van der Waals surface area contributed by atoms with Crippen LogP contribution >= 0.6 is 0 Å². The van der Waals surface area contributed by atoms with Gasteiger partial charge in [0.05, 0.1) is 31.4 Å². The van der Waals surface area contributed by atoms with E-state index in [1.807, 2.05) is 17.8 Å². The van der Waals surface area contributed by atoms with Gasteiger partial charge in [0.1, 0.15) is 5.60 Å². The molecular weight excluding hydrogens is 272 g/mol. The second-order valence-electron chi connectivity index (χ2n) is 6.21. The minimum Gasteiger partial charge on any atom is -0.393 e. The van der Waals surface area contributed by atoms with Crippen molar-refractivity contribution < 1.29 is 15.0 Å². The normalized spacial score (nSPS) is 26.9. The summed E-state index contributed by atoms with van der Waals surface area (Å²) < 4.78 is 1.96. The van der Waals surface area contributed by atoms with Crippen LogP contribution < -0.4 is 5.32 Å². The van der Waals surface area contributed by atoms with E-state index in [0.29, 0.717) is 19.0 Å². The van der Waals surface area contributed by atoms with Crippen molar-refractivity contribution in [3.8, 4) is 0 Å². The first-order valence-electron chi connectivity index (χ1n) is 7.43. The Bertz CT molecular complexity index is 528. The van der Waals surface area contributed by atoms with Crippen molar-refractivity contribution in [1.29, 1.82) is 0 Å². The second-order valence-corrected chi connectivity index (χ2v) is 6.21. The fraction of sp³-hybridized carbons (Fsp3) is 0.714. The van der Waals surface area contributed by atoms with Crippen LogP contribution in [0.2, 0.25) is 0 Å². The fourth-order valence-electron chi connectivity index (χ4n) is 2.63. The molecule has 7 nitrogen and oxygen atoms in total. The largest absolute Gasteiger partial charge is 0.393 e. The number of likely N-dealkylation sites (tertiary alicyclic amines) is 1. The summed E-state index contributed by atoms with van der Waals surface area (Å²) in [5, 5.41) is 26.3. The van der Waals surface area contributed by atoms with Gasteiger partial charge in [-0.05, 0) is 26.2 Å². The minimum atomic E-state index is -1.16. The van der Waals surface area contributed by atoms with Gasteiger partial charge in [-0.15, -0.1) is 0 Å². The first-order chi connectivity index (χ1) is 10.0. The molecule has 1 aromatic heterocycles. The summed E-state index contributed by atoms with van der Waals surface area (Å²) in [5.74, 6) is 0. The van der Waals surface area contributed by atoms with Crippen LogP contribution in [0, 0.1) is 0 Å². The topological polar surface area (TPSA) is 90.6 Å². The molecule has 0 spiro atoms. The number of amides is 2. The van der Waals surface area contributed by atoms with Gasteiger partial charge in [-0.3, -0.25) is 4.68 Å². The summed E-state index contributed by atoms with van der Waals surface area (Å²) in [6.07, 6.45) is 6.53. The molecule has 1 aliphatic carbocycles. The molecule has 2 amide bonds. The SMILES string of the molecule is CC(NC(=O)N1CCC(O)(CO)C1)c1cnn(C2CC2)c1. The average molecular weight is 294 g/mol. The molecule has 2 unspecified atom stereocenters. The molecule has 3 rings (SSSR count). The second kappa shape index (κ2) is 5.31. The highest BCUT2D eigenvalue weighted by Crippen LogP contribution is 2.34. The Labute approximate surface area is 123 Å². The Morgan fingerprint density at radius 3 is 3.00 bits per heavy atom. The molecular formula is C14H22N4O3. The summed E-state index contributed by atoms with van der Waals surface area (Å²) in [4.78, 5) is 13.7. The quantitative estimate of drug-likeness (QED) is 0.750. The Morgan fingerprint density at radius 2 is 2.38 bits per heavy atom. The van der Waals surface area contributed by atoms with Gasteiger partial charge in [0.15, 0.2) is 0 Å². The van der Waals surface area contributed by atoms with Crippen LogP contribution in [0.15, 0.2) is 12.4 Å². The number of nitrogens with one attached hydrogen (secondary N) is 1. The zero-order valence-electron chi connectivity index (χ0n) is 12.2. The highest BCUT2D eigenvalue weighted by atomic mass is 16.3. The van der Waals surface area contributed by atoms with Crippen molar-refractivity contribution in [2.75, 3.05) is 19.7 Å². The third-order valence-electron chi connectivity index (χ3n) is 4.30. The Balaban J connectivity index is 1.56. The summed E-state index contributed by atoms with van der Waals surface area (Å²) in [6.45, 7) is 2.22. The van der Waals surface area contributed by atoms with Crippen molar-refractivity contribution in [3.05, 3.63) is 18.0 Å². The van der Waals surface area contributed by atoms with Gasteiger partial charge >= 0.3 is 6.03 Å². The number of carbonyl (C=O) groups excluding carboxylic acids is 1. The van der Waals surface area contributed by atoms with E-state index >= 15 is 0 Å². The monoisotopic (exact) mass is 294 g/mol. The molecule has 0 radical (unpaired) electrons. The number of rotatable bonds is 4. The lowest BCUT2D eigenvalue weighted by molar-refractivity contribution is -0.00285. The van der Waals surface area contributed by atoms with Gasteiger partial charge in [-0.2, -0.15) is 5.10 Å². The molecule has 1 saturated heterocycles. The summed E-state index contributed by atoms with van der Waals surface area (Å²) in [7, 11) is 0. The number of hydrogen-bond acceptors (Lipinski definition) is 4. The summed E-state index contributed by atoms with van der Waals surface area (Å²) in [6, 6.07) is 0.179. The van der Waals surface area contributed by atoms with Crippen molar-refractivity contribution in [1.82, 2.24) is 20.0 Å². The molecule has 116 valence electrons. The zero-order chi connectivity index (χ0) is 15.0. The van der Waals surface area contributed by atoms with E-state index in [4.69, 9.17) is 5.11 Å². The zero-order valence-corrected chi connectivity index (χ0v) is 12.2. The fourth-order valence-corrected chi connectivity index (χ4v) is 2.63. The summed E-state index contributed by atoms with van der Waals surface area (Å²) in [5.41, 5.74) is -0.177. The van der Waals surface area contributed by atoms with E-state index < -0.39 is 5.60 Å². The minimum absolute atomic E-state index is 0.132. The number of aliphatic hydroxyl groups excluding tert-OH is 1. The van der Waals surface area contributed by atoms with Crippen molar-refractivity contribution in [2.45, 2.75) is 43.9 Å². The number of nitrogens with zero attached hydrogens (tertiary/aromatic N) is 3. The molecule has 7 heteroatoms. The molecule has 3 N–H and O–H groups in total. The molecule has 2 fully saturated rings. The smallest absolute Gasteiger partial charge is 0.317 e. The predicted molar refractivity (Wildman–Crippen MR) is 75.7 cm³/mol. The van der Waals surface area contributed by atoms with Crippen LogP contribution in [0.3, 0.4) is 0 Å². The maximum Gasteiger partial charge on any atom is 0.317 e. The third-order valence-corrected chi connectivity index (χ3v) is 4.30. The Hall–Kier alpha value is -1.60. The van der Waals surface area contributed by atoms with Gasteiger partial charge in [0.2, 0.25) is 0 Å². The maximum absolute atomic E-state index is 12.2. The van der Waals surface area contributed by atoms with Gasteiger partial charge in [0.25, 0.3) is 0 Å². The highest BCUT2D eigenvalue weighted by Gasteiger charge is 2.38. The lowest BCUT2D eigenvalue weighted by Crippen LogP contribution is -2.43. The van der Waals surface area contributed by atoms with E-state index in [-0.39, 0.29) is 25.2 Å². The number of hydrogen-bond donors (Lipinski definition) is 3. The van der Waals surface area contributed by atoms with E-state index in [2.05, 4.69) is 10.4 Å². The van der Waals surface area contributed by atoms with E-state index in [0.717, 1.165) is 5.56 Å². The number of urea groups is 1. The molecule has 2 aliphatic rings. The first-order valence-corrected chi connectivity index (χ1v) is 7.43. The van der Waals surface area contributed by atoms with Crippen LogP contribution in [-0.2, 0) is 0 Å². The molecule has 1 aromatic rings. The predicted octanol–water partition coefficient (Wildman–Crippen LogP) is 0.418. The van der Waals surface area contributed by atoms with Crippen molar-refractivity contribution in [3.63, 3.8) is 0 Å². The van der Waals surface area contributed by atoms with Gasteiger partial charge in [0, 0.05) is 18.3 Å². The molecule has 1 saturated carbocycles. The third kappa shape index (κ3) is 3.03. The molecule has 21 heavy (non-hydrogen) atoms. The molecule has 1 aliphatic heterocycles. The van der Waals surface area contributed by atoms with E-state index in [1.165, 1.54) is 17.7 Å². The van der Waals surface area contributed by atoms with Crippen LogP contribution in [0.4, 0.5) is 4.79 Å². The van der Waals surface area contributed by atoms with Crippen LogP contribution in [0.1, 0.15) is 43.8 Å². The molecule has 2 atom stereocenters. The van der Waals surface area contributed by atoms with E-state index in [9.17, 15) is 9.90 Å². The summed E-state index contributed by atoms with van der Waals surface area (Å²) >= 11 is 0. The first kappa shape index (κ1) is 14.3. The molecule has 2 heterocycles. The average Bonchev–Trinajstić information content (AvgIpc) is 3.05. The van der Waals surface area contributed by atoms with Crippen LogP contribution in [-0.4, -0.2) is 56.2 Å². The van der Waals surface area contributed by atoms with Crippen LogP contribution in [0.5, 0.6) is 0 Å². The number of aromatic nitrogens is 2. The van der Waals surface area contributed by atoms with E-state index in [1.54, 1.807) is 6.20 Å². The lowest BCUT2D eigenvalue weighted by atomic mass is 10.1. The molecule has 0 aromatic carbocycles.